The van der Waals surface area contributed by atoms with Crippen LogP contribution < -0.4 is 20.5 Å². The summed E-state index contributed by atoms with van der Waals surface area (Å²) in [6.07, 6.45) is 3.77. The van der Waals surface area contributed by atoms with Crippen molar-refractivity contribution < 1.29 is 23.7 Å². The number of carbonyl (C=O) groups is 1. The highest BCUT2D eigenvalue weighted by Crippen LogP contribution is 2.46. The Hall–Kier alpha value is -5.21. The molecule has 7 heteroatoms. The van der Waals surface area contributed by atoms with E-state index in [1.54, 1.807) is 14.2 Å². The number of nitrogens with one attached hydrogen (secondary N) is 1. The van der Waals surface area contributed by atoms with Crippen LogP contribution in [0.1, 0.15) is 36.8 Å². The fraction of sp³-hybridized carbons (Fsp3) is 0.298. The number of ether oxygens (including phenoxy) is 4. The molecule has 0 saturated carbocycles. The molecule has 0 aliphatic carbocycles. The Bertz CT molecular complexity index is 2140. The Balaban J connectivity index is 1.30. The van der Waals surface area contributed by atoms with Gasteiger partial charge >= 0.3 is 0 Å². The van der Waals surface area contributed by atoms with Crippen LogP contribution in [0.15, 0.2) is 109 Å². The molecule has 6 aromatic rings. The number of hydrogen-bond donors (Lipinski definition) is 2. The van der Waals surface area contributed by atoms with Crippen LogP contribution in [0.4, 0.5) is 0 Å². The summed E-state index contributed by atoms with van der Waals surface area (Å²) < 4.78 is 23.6. The van der Waals surface area contributed by atoms with Gasteiger partial charge in [0.25, 0.3) is 0 Å². The van der Waals surface area contributed by atoms with Crippen LogP contribution >= 0.6 is 0 Å². The molecule has 0 heterocycles. The lowest BCUT2D eigenvalue weighted by Crippen LogP contribution is -2.28. The molecule has 3 N–H and O–H groups in total. The van der Waals surface area contributed by atoms with Gasteiger partial charge in [-0.05, 0) is 87.3 Å². The highest BCUT2D eigenvalue weighted by Gasteiger charge is 2.20. The molecule has 0 saturated heterocycles. The van der Waals surface area contributed by atoms with Gasteiger partial charge in [0, 0.05) is 70.9 Å². The maximum atomic E-state index is 11.9. The van der Waals surface area contributed by atoms with E-state index in [1.165, 1.54) is 11.1 Å². The maximum Gasteiger partial charge on any atom is 0.220 e. The second kappa shape index (κ2) is 19.2. The van der Waals surface area contributed by atoms with E-state index in [-0.39, 0.29) is 5.91 Å². The zero-order valence-corrected chi connectivity index (χ0v) is 31.8. The van der Waals surface area contributed by atoms with Gasteiger partial charge in [0.2, 0.25) is 5.91 Å². The summed E-state index contributed by atoms with van der Waals surface area (Å²) in [5.41, 5.74) is 14.6. The lowest BCUT2D eigenvalue weighted by Gasteiger charge is -2.20. The van der Waals surface area contributed by atoms with Crippen molar-refractivity contribution in [3.63, 3.8) is 0 Å². The van der Waals surface area contributed by atoms with E-state index < -0.39 is 0 Å². The Morgan fingerprint density at radius 1 is 0.593 bits per heavy atom. The minimum absolute atomic E-state index is 0.0598. The highest BCUT2D eigenvalue weighted by atomic mass is 16.5. The summed E-state index contributed by atoms with van der Waals surface area (Å²) in [5.74, 6) is 1.71. The number of benzene rings is 6. The first kappa shape index (κ1) is 38.5. The first-order chi connectivity index (χ1) is 26.5. The molecular weight excluding hydrogens is 673 g/mol. The summed E-state index contributed by atoms with van der Waals surface area (Å²) in [4.78, 5) is 11.9. The lowest BCUT2D eigenvalue weighted by molar-refractivity contribution is -0.121. The first-order valence-electron chi connectivity index (χ1n) is 19.0. The van der Waals surface area contributed by atoms with Crippen molar-refractivity contribution in [1.82, 2.24) is 5.32 Å². The number of fused-ring (bicyclic) bond motifs is 2. The molecule has 0 bridgehead atoms. The Morgan fingerprint density at radius 2 is 1.11 bits per heavy atom. The maximum absolute atomic E-state index is 11.9. The molecule has 0 aliphatic heterocycles. The van der Waals surface area contributed by atoms with Crippen LogP contribution in [0.5, 0.6) is 11.5 Å². The average molecular weight is 725 g/mol. The quantitative estimate of drug-likeness (QED) is 0.0809. The normalized spacial score (nSPS) is 11.3. The fourth-order valence-corrected chi connectivity index (χ4v) is 6.92. The van der Waals surface area contributed by atoms with Crippen molar-refractivity contribution >= 4 is 27.5 Å². The monoisotopic (exact) mass is 724 g/mol. The topological polar surface area (TPSA) is 92.0 Å². The number of rotatable bonds is 19. The average Bonchev–Trinajstić information content (AvgIpc) is 3.20. The molecule has 0 radical (unpaired) electrons. The predicted molar refractivity (Wildman–Crippen MR) is 221 cm³/mol. The molecule has 0 aliphatic rings. The number of aryl methyl sites for hydroxylation is 2. The van der Waals surface area contributed by atoms with E-state index in [2.05, 4.69) is 121 Å². The van der Waals surface area contributed by atoms with Crippen LogP contribution in [-0.4, -0.2) is 59.6 Å². The van der Waals surface area contributed by atoms with Gasteiger partial charge in [-0.25, -0.2) is 0 Å². The number of amides is 1. The highest BCUT2D eigenvalue weighted by molar-refractivity contribution is 6.10. The molecule has 0 spiro atoms. The van der Waals surface area contributed by atoms with Crippen molar-refractivity contribution in [2.45, 2.75) is 39.0 Å². The third-order valence-corrected chi connectivity index (χ3v) is 9.71. The van der Waals surface area contributed by atoms with E-state index >= 15 is 0 Å². The minimum Gasteiger partial charge on any atom is -0.493 e. The largest absolute Gasteiger partial charge is 0.493 e. The van der Waals surface area contributed by atoms with E-state index in [9.17, 15) is 4.79 Å². The van der Waals surface area contributed by atoms with Crippen LogP contribution in [0.25, 0.3) is 54.9 Å². The summed E-state index contributed by atoms with van der Waals surface area (Å²) in [6.45, 7) is 5.48. The molecule has 1 amide bonds. The minimum atomic E-state index is 0.0598. The van der Waals surface area contributed by atoms with Crippen molar-refractivity contribution in [3.8, 4) is 44.9 Å². The zero-order chi connectivity index (χ0) is 37.7. The Morgan fingerprint density at radius 3 is 1.69 bits per heavy atom. The van der Waals surface area contributed by atoms with Gasteiger partial charge in [-0.3, -0.25) is 4.79 Å². The standard InChI is InChI=1S/C47H52N2O5/c1-33-9-21-41-39(31-33)19-23-43(53-29-5-27-51-2)46(41)47-42-22-18-38(32-40(42)20-24-44(47)54-30-6-28-52-3)37-16-14-36(15-17-37)35-12-10-34(11-13-35)7-4-8-45(50)49-26-25-48/h9-24,31-32H,4-8,25-30,48H2,1-3H3,(H,49,50). The third-order valence-electron chi connectivity index (χ3n) is 9.71. The fourth-order valence-electron chi connectivity index (χ4n) is 6.92. The molecule has 6 aromatic carbocycles. The zero-order valence-electron chi connectivity index (χ0n) is 31.8. The number of hydrogen-bond acceptors (Lipinski definition) is 6. The van der Waals surface area contributed by atoms with Crippen LogP contribution in [-0.2, 0) is 20.7 Å². The molecule has 7 nitrogen and oxygen atoms in total. The van der Waals surface area contributed by atoms with E-state index in [4.69, 9.17) is 24.7 Å². The van der Waals surface area contributed by atoms with Crippen molar-refractivity contribution in [2.24, 2.45) is 5.73 Å². The molecule has 54 heavy (non-hydrogen) atoms. The van der Waals surface area contributed by atoms with Crippen molar-refractivity contribution in [2.75, 3.05) is 53.7 Å². The van der Waals surface area contributed by atoms with E-state index in [1.807, 2.05) is 0 Å². The second-order valence-corrected chi connectivity index (χ2v) is 13.7. The van der Waals surface area contributed by atoms with Gasteiger partial charge in [-0.15, -0.1) is 0 Å². The molecule has 280 valence electrons. The molecule has 0 atom stereocenters. The SMILES string of the molecule is COCCCOc1ccc2cc(C)ccc2c1-c1c(OCCCOC)ccc2cc(-c3ccc(-c4ccc(CCCC(=O)NCCN)cc4)cc3)ccc12. The van der Waals surface area contributed by atoms with Gasteiger partial charge in [-0.2, -0.15) is 0 Å². The summed E-state index contributed by atoms with van der Waals surface area (Å²) in [7, 11) is 3.43. The van der Waals surface area contributed by atoms with Crippen LogP contribution in [0.3, 0.4) is 0 Å². The lowest BCUT2D eigenvalue weighted by atomic mass is 9.90. The van der Waals surface area contributed by atoms with Gasteiger partial charge in [-0.1, -0.05) is 96.6 Å². The molecule has 0 aromatic heterocycles. The van der Waals surface area contributed by atoms with Gasteiger partial charge in [0.1, 0.15) is 11.5 Å². The molecular formula is C47H52N2O5. The molecule has 0 fully saturated rings. The Kier molecular flexibility index (Phi) is 13.7. The van der Waals surface area contributed by atoms with Crippen molar-refractivity contribution in [1.29, 1.82) is 0 Å². The second-order valence-electron chi connectivity index (χ2n) is 13.7. The van der Waals surface area contributed by atoms with Crippen LogP contribution in [0.2, 0.25) is 0 Å². The number of methoxy groups -OCH3 is 2. The summed E-state index contributed by atoms with van der Waals surface area (Å²) in [5, 5.41) is 7.34. The van der Waals surface area contributed by atoms with Gasteiger partial charge < -0.3 is 30.0 Å². The smallest absolute Gasteiger partial charge is 0.220 e. The Labute approximate surface area is 319 Å². The van der Waals surface area contributed by atoms with Gasteiger partial charge in [0.15, 0.2) is 0 Å². The molecule has 6 rings (SSSR count). The molecule has 0 unspecified atom stereocenters. The van der Waals surface area contributed by atoms with Crippen LogP contribution in [0, 0.1) is 6.92 Å². The predicted octanol–water partition coefficient (Wildman–Crippen LogP) is 9.53. The third kappa shape index (κ3) is 9.66. The van der Waals surface area contributed by atoms with E-state index in [0.717, 1.165) is 92.1 Å². The summed E-state index contributed by atoms with van der Waals surface area (Å²) in [6, 6.07) is 39.2. The first-order valence-corrected chi connectivity index (χ1v) is 19.0. The number of nitrogens with two attached hydrogens (primary N) is 1. The summed E-state index contributed by atoms with van der Waals surface area (Å²) >= 11 is 0. The van der Waals surface area contributed by atoms with E-state index in [0.29, 0.717) is 45.9 Å². The number of carbonyl (C=O) groups excluding carboxylic acids is 1. The van der Waals surface area contributed by atoms with Crippen molar-refractivity contribution in [3.05, 3.63) is 120 Å². The van der Waals surface area contributed by atoms with Gasteiger partial charge in [0.05, 0.1) is 13.2 Å².